The molecule has 0 aromatic heterocycles. The lowest BCUT2D eigenvalue weighted by Crippen LogP contribution is -1.99. The first kappa shape index (κ1) is 9.77. The lowest BCUT2D eigenvalue weighted by atomic mass is 10.2. The molecule has 2 aliphatic rings. The molecule has 4 nitrogen and oxygen atoms in total. The number of halogens is 1. The second kappa shape index (κ2) is 3.28. The highest BCUT2D eigenvalue weighted by Crippen LogP contribution is 2.27. The van der Waals surface area contributed by atoms with Gasteiger partial charge in [0.1, 0.15) is 17.0 Å². The summed E-state index contributed by atoms with van der Waals surface area (Å²) in [6.45, 7) is 0. The van der Waals surface area contributed by atoms with Crippen molar-refractivity contribution >= 4 is 11.1 Å². The second-order valence-electron chi connectivity index (χ2n) is 3.62. The van der Waals surface area contributed by atoms with Crippen LogP contribution in [0.2, 0.25) is 0 Å². The maximum absolute atomic E-state index is 13.5. The van der Waals surface area contributed by atoms with Crippen LogP contribution in [0.4, 0.5) is 4.39 Å². The number of hydrogen-bond acceptors (Lipinski definition) is 4. The number of phenolic OH excluding ortho intramolecular Hbond substituents is 1. The van der Waals surface area contributed by atoms with E-state index in [0.717, 1.165) is 6.07 Å². The number of aromatic nitrogens is 1. The van der Waals surface area contributed by atoms with Gasteiger partial charge in [-0.15, -0.1) is 0 Å². The summed E-state index contributed by atoms with van der Waals surface area (Å²) in [5, 5.41) is 9.25. The number of phenols is 1. The zero-order valence-electron chi connectivity index (χ0n) is 8.48. The molecular weight excluding hydrogens is 225 g/mol. The first-order chi connectivity index (χ1) is 8.13. The van der Waals surface area contributed by atoms with Gasteiger partial charge in [-0.2, -0.15) is 0 Å². The van der Waals surface area contributed by atoms with Gasteiger partial charge in [0.25, 0.3) is 0 Å². The first-order valence-corrected chi connectivity index (χ1v) is 4.86. The van der Waals surface area contributed by atoms with Gasteiger partial charge >= 0.3 is 0 Å². The number of rotatable bonds is 0. The molecule has 0 amide bonds. The van der Waals surface area contributed by atoms with E-state index in [1.165, 1.54) is 24.3 Å². The van der Waals surface area contributed by atoms with Crippen LogP contribution in [0.15, 0.2) is 39.5 Å². The number of hydrogen-bond donors (Lipinski definition) is 1. The van der Waals surface area contributed by atoms with Gasteiger partial charge in [0.05, 0.1) is 0 Å². The number of benzene rings is 2. The number of fused-ring (bicyclic) bond motifs is 2. The van der Waals surface area contributed by atoms with Gasteiger partial charge in [-0.25, -0.2) is 9.37 Å². The zero-order valence-corrected chi connectivity index (χ0v) is 8.48. The van der Waals surface area contributed by atoms with Gasteiger partial charge in [-0.1, -0.05) is 0 Å². The summed E-state index contributed by atoms with van der Waals surface area (Å²) >= 11 is 0. The van der Waals surface area contributed by atoms with Gasteiger partial charge in [0.15, 0.2) is 22.6 Å². The van der Waals surface area contributed by atoms with Crippen LogP contribution < -0.4 is 5.43 Å². The molecule has 0 spiro atoms. The monoisotopic (exact) mass is 231 g/mol. The van der Waals surface area contributed by atoms with E-state index in [9.17, 15) is 14.3 Å². The minimum Gasteiger partial charge on any atom is -0.508 e. The third-order valence-corrected chi connectivity index (χ3v) is 2.40. The second-order valence-corrected chi connectivity index (χ2v) is 3.62. The molecule has 17 heavy (non-hydrogen) atoms. The Morgan fingerprint density at radius 1 is 1.24 bits per heavy atom. The smallest absolute Gasteiger partial charge is 0.182 e. The molecule has 1 aromatic rings. The summed E-state index contributed by atoms with van der Waals surface area (Å²) < 4.78 is 18.8. The summed E-state index contributed by atoms with van der Waals surface area (Å²) in [5.74, 6) is -0.662. The Morgan fingerprint density at radius 2 is 2.06 bits per heavy atom. The van der Waals surface area contributed by atoms with Gasteiger partial charge in [-0.3, -0.25) is 4.79 Å². The topological polar surface area (TPSA) is 63.3 Å². The molecule has 1 aromatic carbocycles. The molecule has 0 atom stereocenters. The quantitative estimate of drug-likeness (QED) is 0.602. The highest BCUT2D eigenvalue weighted by molar-refractivity contribution is 5.78. The Balaban J connectivity index is 2.49. The van der Waals surface area contributed by atoms with E-state index in [4.69, 9.17) is 4.42 Å². The SMILES string of the molecule is O=c1ccc2nc3c(F)cc(O)cc3oc-2c1. The van der Waals surface area contributed by atoms with Gasteiger partial charge in [0, 0.05) is 18.2 Å². The number of aromatic hydroxyl groups is 1. The summed E-state index contributed by atoms with van der Waals surface area (Å²) in [5.41, 5.74) is 0.291. The van der Waals surface area contributed by atoms with Crippen molar-refractivity contribution < 1.29 is 13.9 Å². The lowest BCUT2D eigenvalue weighted by molar-refractivity contribution is 0.468. The predicted molar refractivity (Wildman–Crippen MR) is 58.5 cm³/mol. The first-order valence-electron chi connectivity index (χ1n) is 4.86. The van der Waals surface area contributed by atoms with Crippen molar-refractivity contribution in [3.63, 3.8) is 0 Å². The maximum atomic E-state index is 13.5. The van der Waals surface area contributed by atoms with Crippen molar-refractivity contribution in [3.05, 3.63) is 46.4 Å². The Hall–Kier alpha value is -2.43. The molecule has 1 heterocycles. The van der Waals surface area contributed by atoms with Crippen LogP contribution in [0.3, 0.4) is 0 Å². The minimum absolute atomic E-state index is 0.0222. The fourth-order valence-corrected chi connectivity index (χ4v) is 1.65. The van der Waals surface area contributed by atoms with E-state index in [2.05, 4.69) is 4.98 Å². The van der Waals surface area contributed by atoms with Gasteiger partial charge < -0.3 is 9.52 Å². The molecule has 0 saturated carbocycles. The van der Waals surface area contributed by atoms with E-state index in [0.29, 0.717) is 5.69 Å². The fraction of sp³-hybridized carbons (Fsp3) is 0. The van der Waals surface area contributed by atoms with Gasteiger partial charge in [0.2, 0.25) is 0 Å². The van der Waals surface area contributed by atoms with E-state index in [1.54, 1.807) is 0 Å². The average Bonchev–Trinajstić information content (AvgIpc) is 2.26. The predicted octanol–water partition coefficient (Wildman–Crippen LogP) is 2.14. The third-order valence-electron chi connectivity index (χ3n) is 2.40. The molecule has 3 rings (SSSR count). The zero-order chi connectivity index (χ0) is 12.0. The van der Waals surface area contributed by atoms with Crippen molar-refractivity contribution in [1.29, 1.82) is 0 Å². The van der Waals surface area contributed by atoms with E-state index < -0.39 is 5.82 Å². The van der Waals surface area contributed by atoms with E-state index >= 15 is 0 Å². The highest BCUT2D eigenvalue weighted by Gasteiger charge is 2.13. The van der Waals surface area contributed by atoms with E-state index in [-0.39, 0.29) is 28.0 Å². The van der Waals surface area contributed by atoms with Crippen LogP contribution in [0, 0.1) is 5.82 Å². The van der Waals surface area contributed by atoms with Crippen LogP contribution in [-0.4, -0.2) is 10.1 Å². The normalized spacial score (nSPS) is 11.1. The molecule has 1 N–H and O–H groups in total. The molecule has 0 saturated heterocycles. The lowest BCUT2D eigenvalue weighted by Gasteiger charge is -2.06. The summed E-state index contributed by atoms with van der Waals surface area (Å²) in [7, 11) is 0. The number of nitrogens with zero attached hydrogens (tertiary/aromatic N) is 1. The fourth-order valence-electron chi connectivity index (χ4n) is 1.65. The third kappa shape index (κ3) is 1.52. The molecule has 1 aliphatic heterocycles. The highest BCUT2D eigenvalue weighted by atomic mass is 19.1. The van der Waals surface area contributed by atoms with Crippen LogP contribution >= 0.6 is 0 Å². The van der Waals surface area contributed by atoms with Crippen LogP contribution in [0.5, 0.6) is 5.75 Å². The standard InChI is InChI=1S/C12H6FNO3/c13-8-3-7(16)5-11-12(8)14-9-2-1-6(15)4-10(9)17-11/h1-5,16H. The van der Waals surface area contributed by atoms with Crippen molar-refractivity contribution in [2.45, 2.75) is 0 Å². The van der Waals surface area contributed by atoms with Crippen molar-refractivity contribution in [2.24, 2.45) is 0 Å². The molecular formula is C12H6FNO3. The van der Waals surface area contributed by atoms with Crippen LogP contribution in [0.25, 0.3) is 22.6 Å². The summed E-state index contributed by atoms with van der Waals surface area (Å²) in [6.07, 6.45) is 0. The Bertz CT molecular complexity index is 751. The Morgan fingerprint density at radius 3 is 2.88 bits per heavy atom. The molecule has 1 aliphatic carbocycles. The molecule has 0 radical (unpaired) electrons. The molecule has 84 valence electrons. The van der Waals surface area contributed by atoms with Crippen molar-refractivity contribution in [1.82, 2.24) is 4.98 Å². The van der Waals surface area contributed by atoms with Crippen molar-refractivity contribution in [3.8, 4) is 17.2 Å². The van der Waals surface area contributed by atoms with E-state index in [1.807, 2.05) is 0 Å². The molecule has 0 fully saturated rings. The average molecular weight is 231 g/mol. The van der Waals surface area contributed by atoms with Gasteiger partial charge in [-0.05, 0) is 12.1 Å². The van der Waals surface area contributed by atoms with Crippen LogP contribution in [0.1, 0.15) is 0 Å². The minimum atomic E-state index is -0.670. The Kier molecular flexibility index (Phi) is 1.89. The largest absolute Gasteiger partial charge is 0.508 e. The molecule has 0 unspecified atom stereocenters. The molecule has 5 heteroatoms. The summed E-state index contributed by atoms with van der Waals surface area (Å²) in [6, 6.07) is 6.27. The molecule has 0 bridgehead atoms. The maximum Gasteiger partial charge on any atom is 0.182 e. The van der Waals surface area contributed by atoms with Crippen molar-refractivity contribution in [2.75, 3.05) is 0 Å². The van der Waals surface area contributed by atoms with Crippen LogP contribution in [-0.2, 0) is 0 Å². The Labute approximate surface area is 94.3 Å². The summed E-state index contributed by atoms with van der Waals surface area (Å²) in [4.78, 5) is 15.2.